The Morgan fingerprint density at radius 2 is 1.27 bits per heavy atom. The van der Waals surface area contributed by atoms with Gasteiger partial charge in [-0.05, 0) is 109 Å². The third kappa shape index (κ3) is 12.8. The number of ether oxygens (including phenoxy) is 3. The highest BCUT2D eigenvalue weighted by atomic mass is 79.9. The van der Waals surface area contributed by atoms with Gasteiger partial charge >= 0.3 is 0 Å². The SMILES string of the molecule is CC(C)(C)CC(C)(C)c1ccc(OCCOCC[N+](C)(C)Cc2ccc(OCc3ccc(Br)c(Br)c3)cc2)cc1.[Br-]. The van der Waals surface area contributed by atoms with E-state index in [-0.39, 0.29) is 22.4 Å². The Morgan fingerprint density at radius 1 is 0.683 bits per heavy atom. The summed E-state index contributed by atoms with van der Waals surface area (Å²) < 4.78 is 20.7. The van der Waals surface area contributed by atoms with E-state index in [0.717, 1.165) is 50.0 Å². The molecule has 0 unspecified atom stereocenters. The van der Waals surface area contributed by atoms with Crippen molar-refractivity contribution >= 4 is 31.9 Å². The molecular weight excluding hydrogens is 710 g/mol. The van der Waals surface area contributed by atoms with E-state index in [2.05, 4.69) is 141 Å². The third-order valence-electron chi connectivity index (χ3n) is 6.87. The normalized spacial score (nSPS) is 12.1. The van der Waals surface area contributed by atoms with Gasteiger partial charge in [-0.15, -0.1) is 0 Å². The minimum absolute atomic E-state index is 0. The lowest BCUT2D eigenvalue weighted by molar-refractivity contribution is -0.904. The topological polar surface area (TPSA) is 27.7 Å². The number of likely N-dealkylation sites (N-methyl/N-ethyl adjacent to an activating group) is 1. The van der Waals surface area contributed by atoms with Crippen LogP contribution in [0.5, 0.6) is 11.5 Å². The zero-order chi connectivity index (χ0) is 29.4. The molecule has 0 radical (unpaired) electrons. The van der Waals surface area contributed by atoms with Crippen LogP contribution in [0, 0.1) is 5.41 Å². The molecule has 0 aliphatic rings. The molecule has 7 heteroatoms. The maximum Gasteiger partial charge on any atom is 0.119 e. The molecule has 0 atom stereocenters. The molecule has 0 fully saturated rings. The van der Waals surface area contributed by atoms with Crippen molar-refractivity contribution in [3.8, 4) is 11.5 Å². The van der Waals surface area contributed by atoms with Gasteiger partial charge in [0.05, 0.1) is 27.3 Å². The van der Waals surface area contributed by atoms with Crippen molar-refractivity contribution in [2.75, 3.05) is 40.5 Å². The lowest BCUT2D eigenvalue weighted by atomic mass is 9.72. The predicted octanol–water partition coefficient (Wildman–Crippen LogP) is 6.18. The minimum atomic E-state index is 0. The van der Waals surface area contributed by atoms with Gasteiger partial charge in [-0.25, -0.2) is 0 Å². The van der Waals surface area contributed by atoms with Crippen LogP contribution in [0.3, 0.4) is 0 Å². The van der Waals surface area contributed by atoms with Crippen LogP contribution in [0.2, 0.25) is 0 Å². The van der Waals surface area contributed by atoms with Gasteiger partial charge in [0, 0.05) is 14.5 Å². The van der Waals surface area contributed by atoms with E-state index >= 15 is 0 Å². The quantitative estimate of drug-likeness (QED) is 0.146. The second-order valence-corrected chi connectivity index (χ2v) is 14.8. The highest BCUT2D eigenvalue weighted by Crippen LogP contribution is 2.36. The Labute approximate surface area is 275 Å². The van der Waals surface area contributed by atoms with Gasteiger partial charge in [-0.1, -0.05) is 52.8 Å². The molecule has 0 heterocycles. The van der Waals surface area contributed by atoms with E-state index < -0.39 is 0 Å². The van der Waals surface area contributed by atoms with Gasteiger partial charge in [0.2, 0.25) is 0 Å². The van der Waals surface area contributed by atoms with E-state index in [9.17, 15) is 0 Å². The molecule has 0 aromatic heterocycles. The monoisotopic (exact) mass is 753 g/mol. The fourth-order valence-corrected chi connectivity index (χ4v) is 5.80. The van der Waals surface area contributed by atoms with Crippen LogP contribution in [-0.4, -0.2) is 44.9 Å². The van der Waals surface area contributed by atoms with E-state index in [1.54, 1.807) is 0 Å². The minimum Gasteiger partial charge on any atom is -1.00 e. The Morgan fingerprint density at radius 3 is 1.88 bits per heavy atom. The van der Waals surface area contributed by atoms with E-state index in [1.165, 1.54) is 11.1 Å². The highest BCUT2D eigenvalue weighted by molar-refractivity contribution is 9.13. The van der Waals surface area contributed by atoms with E-state index in [4.69, 9.17) is 14.2 Å². The molecule has 3 aromatic rings. The summed E-state index contributed by atoms with van der Waals surface area (Å²) in [5.74, 6) is 1.77. The molecule has 226 valence electrons. The summed E-state index contributed by atoms with van der Waals surface area (Å²) in [4.78, 5) is 0. The summed E-state index contributed by atoms with van der Waals surface area (Å²) in [5.41, 5.74) is 4.18. The lowest BCUT2D eigenvalue weighted by Gasteiger charge is -2.33. The first kappa shape index (κ1) is 35.8. The zero-order valence-corrected chi connectivity index (χ0v) is 30.4. The van der Waals surface area contributed by atoms with Crippen molar-refractivity contribution < 1.29 is 35.7 Å². The number of rotatable bonds is 14. The summed E-state index contributed by atoms with van der Waals surface area (Å²) in [6.45, 7) is 15.7. The van der Waals surface area contributed by atoms with Gasteiger partial charge in [-0.3, -0.25) is 0 Å². The van der Waals surface area contributed by atoms with Crippen LogP contribution in [0.4, 0.5) is 0 Å². The van der Waals surface area contributed by atoms with Crippen LogP contribution in [0.15, 0.2) is 75.7 Å². The van der Waals surface area contributed by atoms with E-state index in [0.29, 0.717) is 31.8 Å². The van der Waals surface area contributed by atoms with Gasteiger partial charge < -0.3 is 35.7 Å². The number of halogens is 3. The van der Waals surface area contributed by atoms with Crippen LogP contribution in [0.25, 0.3) is 0 Å². The number of hydrogen-bond acceptors (Lipinski definition) is 3. The van der Waals surface area contributed by atoms with Crippen LogP contribution in [0.1, 0.15) is 57.7 Å². The fraction of sp³-hybridized carbons (Fsp3) is 0.471. The molecule has 41 heavy (non-hydrogen) atoms. The maximum atomic E-state index is 5.97. The molecule has 0 N–H and O–H groups in total. The van der Waals surface area contributed by atoms with Gasteiger partial charge in [0.25, 0.3) is 0 Å². The van der Waals surface area contributed by atoms with Crippen molar-refractivity contribution in [3.63, 3.8) is 0 Å². The molecule has 3 aromatic carbocycles. The Kier molecular flexibility index (Phi) is 13.9. The number of quaternary nitrogens is 1. The Balaban J connectivity index is 0.00000588. The average Bonchev–Trinajstić information content (AvgIpc) is 2.86. The molecule has 3 rings (SSSR count). The molecule has 0 aliphatic heterocycles. The predicted molar refractivity (Wildman–Crippen MR) is 173 cm³/mol. The van der Waals surface area contributed by atoms with Crippen LogP contribution < -0.4 is 26.5 Å². The molecule has 0 amide bonds. The Bertz CT molecular complexity index is 1200. The first-order valence-electron chi connectivity index (χ1n) is 14.0. The van der Waals surface area contributed by atoms with Crippen molar-refractivity contribution in [2.45, 2.75) is 59.6 Å². The van der Waals surface area contributed by atoms with E-state index in [1.807, 2.05) is 6.07 Å². The highest BCUT2D eigenvalue weighted by Gasteiger charge is 2.27. The third-order valence-corrected chi connectivity index (χ3v) is 8.75. The second kappa shape index (κ2) is 15.9. The first-order chi connectivity index (χ1) is 18.7. The number of nitrogens with zero attached hydrogens (tertiary/aromatic N) is 1. The van der Waals surface area contributed by atoms with Gasteiger partial charge in [0.1, 0.15) is 37.8 Å². The second-order valence-electron chi connectivity index (χ2n) is 13.1. The maximum absolute atomic E-state index is 5.97. The van der Waals surface area contributed by atoms with Gasteiger partial charge in [0.15, 0.2) is 0 Å². The number of benzene rings is 3. The molecule has 0 saturated heterocycles. The van der Waals surface area contributed by atoms with Crippen molar-refractivity contribution in [2.24, 2.45) is 5.41 Å². The molecule has 4 nitrogen and oxygen atoms in total. The van der Waals surface area contributed by atoms with Crippen LogP contribution >= 0.6 is 31.9 Å². The molecule has 0 aliphatic carbocycles. The Hall–Kier alpha value is -1.38. The largest absolute Gasteiger partial charge is 1.00 e. The fourth-order valence-electron chi connectivity index (χ4n) is 5.12. The molecular formula is C34H46Br3NO3. The standard InChI is InChI=1S/C34H46Br2NO3.BrH/c1-33(2,3)25-34(4,5)28-11-15-29(16-12-28)39-21-20-38-19-18-37(6,7)23-26-8-13-30(14-9-26)40-24-27-10-17-31(35)32(36)22-27;/h8-17,22H,18-21,23-25H2,1-7H3;1H/q+1;/p-1. The summed E-state index contributed by atoms with van der Waals surface area (Å²) in [7, 11) is 4.47. The average molecular weight is 756 g/mol. The molecule has 0 spiro atoms. The smallest absolute Gasteiger partial charge is 0.119 e. The molecule has 0 saturated carbocycles. The lowest BCUT2D eigenvalue weighted by Crippen LogP contribution is -3.00. The first-order valence-corrected chi connectivity index (χ1v) is 15.6. The van der Waals surface area contributed by atoms with Crippen molar-refractivity contribution in [3.05, 3.63) is 92.4 Å². The van der Waals surface area contributed by atoms with Gasteiger partial charge in [-0.2, -0.15) is 0 Å². The summed E-state index contributed by atoms with van der Waals surface area (Å²) >= 11 is 7.05. The summed E-state index contributed by atoms with van der Waals surface area (Å²) in [6.07, 6.45) is 1.13. The summed E-state index contributed by atoms with van der Waals surface area (Å²) in [5, 5.41) is 0. The van der Waals surface area contributed by atoms with Crippen molar-refractivity contribution in [1.29, 1.82) is 0 Å². The molecule has 0 bridgehead atoms. The zero-order valence-electron chi connectivity index (χ0n) is 25.6. The van der Waals surface area contributed by atoms with Crippen LogP contribution in [-0.2, 0) is 23.3 Å². The number of hydrogen-bond donors (Lipinski definition) is 0. The van der Waals surface area contributed by atoms with Crippen molar-refractivity contribution in [1.82, 2.24) is 0 Å². The summed E-state index contributed by atoms with van der Waals surface area (Å²) in [6, 6.07) is 23.1.